The number of rotatable bonds is 8. The Morgan fingerprint density at radius 3 is 2.59 bits per heavy atom. The number of methoxy groups -OCH3 is 1. The summed E-state index contributed by atoms with van der Waals surface area (Å²) in [4.78, 5) is 19.8. The van der Waals surface area contributed by atoms with Gasteiger partial charge in [0.1, 0.15) is 17.3 Å². The molecule has 6 nitrogen and oxygen atoms in total. The maximum Gasteiger partial charge on any atom is 0.227 e. The van der Waals surface area contributed by atoms with Gasteiger partial charge in [-0.05, 0) is 49.7 Å². The fraction of sp³-hybridized carbons (Fsp3) is 0.286. The molecular weight excluding hydrogens is 426 g/mol. The Kier molecular flexibility index (Phi) is 6.21. The number of hydrogen-bond donors (Lipinski definition) is 0. The SMILES string of the molecule is COc1ccccc1N1C[C@@H](c2nc3ccccc3n2CCCOc2ccc(C)cc2)CC1=O. The number of aromatic nitrogens is 2. The molecule has 1 saturated heterocycles. The lowest BCUT2D eigenvalue weighted by Crippen LogP contribution is -2.25. The van der Waals surface area contributed by atoms with Gasteiger partial charge in [-0.15, -0.1) is 0 Å². The number of ether oxygens (including phenoxy) is 2. The molecule has 1 fully saturated rings. The Bertz CT molecular complexity index is 1300. The first-order chi connectivity index (χ1) is 16.6. The Hall–Kier alpha value is -3.80. The van der Waals surface area contributed by atoms with Gasteiger partial charge < -0.3 is 18.9 Å². The largest absolute Gasteiger partial charge is 0.495 e. The van der Waals surface area contributed by atoms with Crippen LogP contribution >= 0.6 is 0 Å². The molecule has 6 heteroatoms. The predicted molar refractivity (Wildman–Crippen MR) is 134 cm³/mol. The van der Waals surface area contributed by atoms with E-state index >= 15 is 0 Å². The topological polar surface area (TPSA) is 56.6 Å². The van der Waals surface area contributed by atoms with Crippen LogP contribution in [0.15, 0.2) is 72.8 Å². The van der Waals surface area contributed by atoms with Crippen molar-refractivity contribution in [2.24, 2.45) is 0 Å². The van der Waals surface area contributed by atoms with Crippen molar-refractivity contribution in [3.8, 4) is 11.5 Å². The minimum absolute atomic E-state index is 0.0165. The van der Waals surface area contributed by atoms with Crippen LogP contribution in [-0.4, -0.2) is 35.7 Å². The Balaban J connectivity index is 1.35. The molecule has 0 saturated carbocycles. The fourth-order valence-electron chi connectivity index (χ4n) is 4.65. The number of nitrogens with zero attached hydrogens (tertiary/aromatic N) is 3. The van der Waals surface area contributed by atoms with E-state index in [-0.39, 0.29) is 11.8 Å². The van der Waals surface area contributed by atoms with Crippen LogP contribution in [0.3, 0.4) is 0 Å². The van der Waals surface area contributed by atoms with E-state index < -0.39 is 0 Å². The van der Waals surface area contributed by atoms with Crippen molar-refractivity contribution in [3.63, 3.8) is 0 Å². The summed E-state index contributed by atoms with van der Waals surface area (Å²) in [5.41, 5.74) is 4.08. The van der Waals surface area contributed by atoms with E-state index in [9.17, 15) is 4.79 Å². The third-order valence-corrected chi connectivity index (χ3v) is 6.37. The van der Waals surface area contributed by atoms with Gasteiger partial charge in [-0.2, -0.15) is 0 Å². The van der Waals surface area contributed by atoms with Crippen molar-refractivity contribution < 1.29 is 14.3 Å². The number of fused-ring (bicyclic) bond motifs is 1. The van der Waals surface area contributed by atoms with E-state index in [2.05, 4.69) is 29.7 Å². The van der Waals surface area contributed by atoms with Gasteiger partial charge >= 0.3 is 0 Å². The maximum atomic E-state index is 13.0. The van der Waals surface area contributed by atoms with Gasteiger partial charge in [0.25, 0.3) is 0 Å². The first-order valence-corrected chi connectivity index (χ1v) is 11.7. The van der Waals surface area contributed by atoms with Gasteiger partial charge in [-0.1, -0.05) is 42.0 Å². The summed E-state index contributed by atoms with van der Waals surface area (Å²) in [6, 6.07) is 24.0. The van der Waals surface area contributed by atoms with Crippen molar-refractivity contribution in [1.82, 2.24) is 9.55 Å². The molecule has 0 radical (unpaired) electrons. The van der Waals surface area contributed by atoms with Crippen LogP contribution in [0.4, 0.5) is 5.69 Å². The van der Waals surface area contributed by atoms with E-state index in [0.29, 0.717) is 25.3 Å². The number of para-hydroxylation sites is 4. The molecule has 1 aliphatic heterocycles. The number of amides is 1. The molecule has 0 bridgehead atoms. The molecule has 34 heavy (non-hydrogen) atoms. The summed E-state index contributed by atoms with van der Waals surface area (Å²) in [5, 5.41) is 0. The Morgan fingerprint density at radius 2 is 1.76 bits per heavy atom. The van der Waals surface area contributed by atoms with Gasteiger partial charge in [0, 0.05) is 25.4 Å². The van der Waals surface area contributed by atoms with Crippen LogP contribution in [0.2, 0.25) is 0 Å². The van der Waals surface area contributed by atoms with E-state index in [1.165, 1.54) is 5.56 Å². The molecule has 1 aliphatic rings. The van der Waals surface area contributed by atoms with Crippen molar-refractivity contribution in [1.29, 1.82) is 0 Å². The average molecular weight is 456 g/mol. The molecule has 2 heterocycles. The summed E-state index contributed by atoms with van der Waals surface area (Å²) >= 11 is 0. The van der Waals surface area contributed by atoms with Gasteiger partial charge in [0.05, 0.1) is 30.4 Å². The fourth-order valence-corrected chi connectivity index (χ4v) is 4.65. The van der Waals surface area contributed by atoms with Gasteiger partial charge in [-0.3, -0.25) is 4.79 Å². The summed E-state index contributed by atoms with van der Waals surface area (Å²) in [5.74, 6) is 2.66. The van der Waals surface area contributed by atoms with Crippen LogP contribution < -0.4 is 14.4 Å². The lowest BCUT2D eigenvalue weighted by atomic mass is 10.1. The quantitative estimate of drug-likeness (QED) is 0.337. The third kappa shape index (κ3) is 4.36. The zero-order chi connectivity index (χ0) is 23.5. The van der Waals surface area contributed by atoms with Crippen molar-refractivity contribution >= 4 is 22.6 Å². The number of anilines is 1. The lowest BCUT2D eigenvalue weighted by molar-refractivity contribution is -0.117. The highest BCUT2D eigenvalue weighted by atomic mass is 16.5. The van der Waals surface area contributed by atoms with Crippen LogP contribution in [0.1, 0.15) is 30.1 Å². The summed E-state index contributed by atoms with van der Waals surface area (Å²) in [7, 11) is 1.63. The first kappa shape index (κ1) is 22.0. The van der Waals surface area contributed by atoms with E-state index in [1.54, 1.807) is 7.11 Å². The summed E-state index contributed by atoms with van der Waals surface area (Å²) < 4.78 is 13.7. The van der Waals surface area contributed by atoms with Crippen molar-refractivity contribution in [2.75, 3.05) is 25.2 Å². The predicted octanol–water partition coefficient (Wildman–Crippen LogP) is 5.34. The number of aryl methyl sites for hydroxylation is 2. The summed E-state index contributed by atoms with van der Waals surface area (Å²) in [6.45, 7) is 4.05. The highest BCUT2D eigenvalue weighted by Gasteiger charge is 2.35. The molecule has 1 atom stereocenters. The van der Waals surface area contributed by atoms with Crippen LogP contribution in [0.5, 0.6) is 11.5 Å². The molecule has 1 amide bonds. The van der Waals surface area contributed by atoms with Gasteiger partial charge in [0.2, 0.25) is 5.91 Å². The monoisotopic (exact) mass is 455 g/mol. The highest BCUT2D eigenvalue weighted by Crippen LogP contribution is 2.37. The molecule has 5 rings (SSSR count). The molecule has 3 aromatic carbocycles. The number of carbonyl (C=O) groups excluding carboxylic acids is 1. The number of carbonyl (C=O) groups is 1. The van der Waals surface area contributed by atoms with Crippen LogP contribution in [-0.2, 0) is 11.3 Å². The van der Waals surface area contributed by atoms with E-state index in [0.717, 1.165) is 41.3 Å². The van der Waals surface area contributed by atoms with E-state index in [1.807, 2.05) is 59.5 Å². The Labute approximate surface area is 199 Å². The zero-order valence-corrected chi connectivity index (χ0v) is 19.6. The molecule has 0 spiro atoms. The lowest BCUT2D eigenvalue weighted by Gasteiger charge is -2.19. The Morgan fingerprint density at radius 1 is 1.00 bits per heavy atom. The first-order valence-electron chi connectivity index (χ1n) is 11.7. The third-order valence-electron chi connectivity index (χ3n) is 6.37. The van der Waals surface area contributed by atoms with E-state index in [4.69, 9.17) is 14.5 Å². The number of imidazole rings is 1. The van der Waals surface area contributed by atoms with Crippen LogP contribution in [0.25, 0.3) is 11.0 Å². The molecule has 0 aliphatic carbocycles. The van der Waals surface area contributed by atoms with Gasteiger partial charge in [0.15, 0.2) is 0 Å². The maximum absolute atomic E-state index is 13.0. The number of hydrogen-bond acceptors (Lipinski definition) is 4. The number of benzene rings is 3. The normalized spacial score (nSPS) is 15.8. The molecule has 0 N–H and O–H groups in total. The standard InChI is InChI=1S/C28H29N3O3/c1-20-12-14-22(15-13-20)34-17-7-16-30-24-9-4-3-8-23(24)29-28(30)21-18-27(32)31(19-21)25-10-5-6-11-26(25)33-2/h3-6,8-15,21H,7,16-19H2,1-2H3/t21-/m0/s1. The zero-order valence-electron chi connectivity index (χ0n) is 19.6. The van der Waals surface area contributed by atoms with Crippen LogP contribution in [0, 0.1) is 6.92 Å². The molecule has 174 valence electrons. The molecule has 4 aromatic rings. The van der Waals surface area contributed by atoms with Crippen molar-refractivity contribution in [2.45, 2.75) is 32.2 Å². The second kappa shape index (κ2) is 9.59. The molecule has 1 aromatic heterocycles. The van der Waals surface area contributed by atoms with Crippen molar-refractivity contribution in [3.05, 3.63) is 84.2 Å². The second-order valence-electron chi connectivity index (χ2n) is 8.70. The average Bonchev–Trinajstić information content (AvgIpc) is 3.43. The molecule has 0 unspecified atom stereocenters. The molecular formula is C28H29N3O3. The minimum atomic E-state index is 0.0165. The highest BCUT2D eigenvalue weighted by molar-refractivity contribution is 5.97. The summed E-state index contributed by atoms with van der Waals surface area (Å²) in [6.07, 6.45) is 1.28. The van der Waals surface area contributed by atoms with Gasteiger partial charge in [-0.25, -0.2) is 4.98 Å². The second-order valence-corrected chi connectivity index (χ2v) is 8.70. The smallest absolute Gasteiger partial charge is 0.227 e. The minimum Gasteiger partial charge on any atom is -0.495 e.